The van der Waals surface area contributed by atoms with Crippen molar-refractivity contribution >= 4 is 110 Å². The summed E-state index contributed by atoms with van der Waals surface area (Å²) in [5, 5.41) is 14.8. The molecular weight excluding hydrogens is 1390 g/mol. The maximum Gasteiger partial charge on any atom is 0.307 e. The zero-order valence-corrected chi connectivity index (χ0v) is 64.9. The van der Waals surface area contributed by atoms with Crippen LogP contribution >= 0.6 is 23.2 Å². The summed E-state index contributed by atoms with van der Waals surface area (Å²) in [5.41, 5.74) is 20.9. The molecular formula is C85H104Cl2N10O10. The van der Waals surface area contributed by atoms with Gasteiger partial charge in [-0.2, -0.15) is 0 Å². The van der Waals surface area contributed by atoms with E-state index in [1.165, 1.54) is 23.6 Å². The minimum absolute atomic E-state index is 0.0640. The van der Waals surface area contributed by atoms with Gasteiger partial charge in [0.15, 0.2) is 6.17 Å². The molecule has 6 amide bonds. The highest BCUT2D eigenvalue weighted by molar-refractivity contribution is 6.43. The summed E-state index contributed by atoms with van der Waals surface area (Å²) in [6.07, 6.45) is 4.37. The number of fused-ring (bicyclic) bond motifs is 3. The summed E-state index contributed by atoms with van der Waals surface area (Å²) in [6.45, 7) is 27.5. The molecule has 9 rings (SSSR count). The van der Waals surface area contributed by atoms with Crippen molar-refractivity contribution in [2.24, 2.45) is 79.7 Å². The Labute approximate surface area is 640 Å². The summed E-state index contributed by atoms with van der Waals surface area (Å²) in [5.74, 6) is -6.13. The van der Waals surface area contributed by atoms with Crippen LogP contribution in [0.4, 0.5) is 17.1 Å². The number of rotatable bonds is 26. The molecule has 9 atom stereocenters. The van der Waals surface area contributed by atoms with E-state index in [0.717, 1.165) is 50.5 Å². The van der Waals surface area contributed by atoms with E-state index in [-0.39, 0.29) is 64.2 Å². The van der Waals surface area contributed by atoms with Crippen molar-refractivity contribution in [1.82, 2.24) is 10.6 Å². The van der Waals surface area contributed by atoms with E-state index < -0.39 is 71.8 Å². The highest BCUT2D eigenvalue weighted by Crippen LogP contribution is 2.33. The Bertz CT molecular complexity index is 3990. The fourth-order valence-electron chi connectivity index (χ4n) is 12.9. The van der Waals surface area contributed by atoms with Gasteiger partial charge in [-0.1, -0.05) is 205 Å². The summed E-state index contributed by atoms with van der Waals surface area (Å²) < 4.78 is 0. The lowest BCUT2D eigenvalue weighted by molar-refractivity contribution is -0.147. The van der Waals surface area contributed by atoms with Crippen LogP contribution in [-0.4, -0.2) is 120 Å². The number of primary amides is 1. The van der Waals surface area contributed by atoms with Crippen LogP contribution < -0.4 is 36.8 Å². The van der Waals surface area contributed by atoms with Crippen molar-refractivity contribution in [3.63, 3.8) is 0 Å². The molecule has 20 nitrogen and oxygen atoms in total. The smallest absolute Gasteiger partial charge is 0.307 e. The summed E-state index contributed by atoms with van der Waals surface area (Å²) in [7, 11) is 5.08. The second-order valence-corrected chi connectivity index (χ2v) is 29.2. The molecule has 22 heteroatoms. The number of amides is 6. The van der Waals surface area contributed by atoms with Gasteiger partial charge in [-0.25, -0.2) is 9.98 Å². The molecule has 3 aliphatic heterocycles. The first-order valence-electron chi connectivity index (χ1n) is 35.8. The molecule has 0 spiro atoms. The van der Waals surface area contributed by atoms with Crippen LogP contribution in [-0.2, 0) is 43.2 Å². The van der Waals surface area contributed by atoms with Crippen molar-refractivity contribution in [2.45, 2.75) is 124 Å². The van der Waals surface area contributed by atoms with Gasteiger partial charge < -0.3 is 41.9 Å². The van der Waals surface area contributed by atoms with Crippen LogP contribution in [0.1, 0.15) is 134 Å². The third-order valence-electron chi connectivity index (χ3n) is 18.1. The third kappa shape index (κ3) is 24.9. The highest BCUT2D eigenvalue weighted by Gasteiger charge is 2.39. The van der Waals surface area contributed by atoms with E-state index in [4.69, 9.17) is 49.8 Å². The minimum atomic E-state index is -1.15. The van der Waals surface area contributed by atoms with E-state index >= 15 is 0 Å². The number of carboxylic acids is 1. The number of benzodiazepines with no additional fused rings is 3. The number of anilines is 3. The Kier molecular flexibility index (Phi) is 34.9. The first-order valence-corrected chi connectivity index (χ1v) is 36.7. The first kappa shape index (κ1) is 87.4. The number of carboxylic acid groups (broad SMARTS) is 1. The number of carbonyl (C=O) groups excluding carboxylic acids is 8. The number of likely N-dealkylation sites (N-methyl/N-ethyl adjacent to an activating group) is 3. The van der Waals surface area contributed by atoms with Gasteiger partial charge in [0.25, 0.3) is 17.7 Å². The standard InChI is InChI=1S/C28H33N3O3.C27H32N4O3.C16H15N3O.C12H20O3.C2H4Cl2/c1-6-12-21(19(4)32)23(17-18(2)3)27(33)30-26-28(34)31(5)24-16-11-10-15-22(24)25(29-26)20-13-8-7-9-14-20;1-5-11-19(24(28)32)21(16-17(2)3)26(33)30-25-27(34)31(4)22-15-10-9-14-20(22)23(29-25)18-12-7-6-8-13-18;1-19-13-10-6-5-9-12(13)14(18-15(17)16(19)20)11-7-3-2-4-8-11;1-5-6-10(9(4)13)11(12(14)15)7-8(2)3;1-2(3)4/h6-11,13-16,18,21,23,26H,1,12,17H2,2-5H3,(H,30,33);5-10,12-15,17,19,21,25H,1,11,16H2,2-4H3,(H2,28,32)(H,30,33);2-10,15H,17H2,1H3;5,8,10-11H,1,6-7H2,2-4H3,(H,14,15);2H,1H3/t21-,23-,26?;19-,21+,25?;;10-,11-;/m10.1./s1. The number of carbonyl (C=O) groups is 9. The number of nitrogens with one attached hydrogen (secondary N) is 2. The fraction of sp³-hybridized carbons (Fsp3) is 0.365. The van der Waals surface area contributed by atoms with Crippen LogP contribution in [0.25, 0.3) is 0 Å². The van der Waals surface area contributed by atoms with Crippen LogP contribution in [0.3, 0.4) is 0 Å². The molecule has 7 N–H and O–H groups in total. The molecule has 3 aliphatic rings. The number of aliphatic carboxylic acids is 1. The Morgan fingerprint density at radius 3 is 1.02 bits per heavy atom. The normalized spacial score (nSPS) is 16.8. The zero-order chi connectivity index (χ0) is 79.4. The Morgan fingerprint density at radius 2 is 0.720 bits per heavy atom. The van der Waals surface area contributed by atoms with Gasteiger partial charge in [-0.05, 0) is 95.2 Å². The van der Waals surface area contributed by atoms with Gasteiger partial charge in [0.2, 0.25) is 30.1 Å². The van der Waals surface area contributed by atoms with Crippen LogP contribution in [0, 0.1) is 53.3 Å². The predicted octanol–water partition coefficient (Wildman–Crippen LogP) is 13.8. The van der Waals surface area contributed by atoms with Gasteiger partial charge in [-0.15, -0.1) is 42.9 Å². The molecule has 0 aliphatic carbocycles. The number of allylic oxidation sites excluding steroid dienone is 3. The Balaban J connectivity index is 0.000000263. The molecule has 3 heterocycles. The maximum atomic E-state index is 13.5. The Morgan fingerprint density at radius 1 is 0.449 bits per heavy atom. The number of ketones is 2. The number of halogens is 2. The molecule has 0 fully saturated rings. The number of alkyl halides is 2. The Hall–Kier alpha value is -10.3. The van der Waals surface area contributed by atoms with E-state index in [2.05, 4.69) is 35.4 Å². The minimum Gasteiger partial charge on any atom is -0.481 e. The van der Waals surface area contributed by atoms with Crippen molar-refractivity contribution in [3.8, 4) is 0 Å². The van der Waals surface area contributed by atoms with Gasteiger partial charge in [0, 0.05) is 72.3 Å². The van der Waals surface area contributed by atoms with Gasteiger partial charge in [0.05, 0.1) is 52.0 Å². The van der Waals surface area contributed by atoms with Crippen molar-refractivity contribution in [1.29, 1.82) is 0 Å². The number of para-hydroxylation sites is 3. The van der Waals surface area contributed by atoms with Gasteiger partial charge in [-0.3, -0.25) is 48.1 Å². The average molecular weight is 1500 g/mol. The monoisotopic (exact) mass is 1490 g/mol. The van der Waals surface area contributed by atoms with Gasteiger partial charge >= 0.3 is 5.97 Å². The number of hydrogen-bond acceptors (Lipinski definition) is 13. The molecule has 6 aromatic rings. The lowest BCUT2D eigenvalue weighted by Gasteiger charge is -2.27. The maximum absolute atomic E-state index is 13.5. The summed E-state index contributed by atoms with van der Waals surface area (Å²) in [6, 6.07) is 51.7. The molecule has 6 aromatic carbocycles. The lowest BCUT2D eigenvalue weighted by Crippen LogP contribution is -2.50. The summed E-state index contributed by atoms with van der Waals surface area (Å²) in [4.78, 5) is 131. The fourth-order valence-corrected chi connectivity index (χ4v) is 12.9. The number of hydrogen-bond donors (Lipinski definition) is 5. The second kappa shape index (κ2) is 42.8. The largest absolute Gasteiger partial charge is 0.481 e. The highest BCUT2D eigenvalue weighted by atomic mass is 35.5. The quantitative estimate of drug-likeness (QED) is 0.0251. The SMILES string of the molecule is C=CC[C@H](C(C)=O)[C@@H](CC(C)C)C(=O)NC1N=C(c2ccccc2)c2ccccc2N(C)C1=O.C=CC[C@H](C(C)=O)[C@@H](CC(C)C)C(=O)O.C=CC[C@H](C(N)=O)[C@@H](CC(C)C)C(=O)NC1N=C(c2ccccc2)c2ccccc2N(C)C1=O.CC(Cl)Cl.CN1C(=O)C(N)N=C(c2ccccc2)c2ccccc21. The van der Waals surface area contributed by atoms with Crippen LogP contribution in [0.15, 0.2) is 217 Å². The number of benzene rings is 6. The number of aliphatic imine (C=N–C) groups is 3. The first-order chi connectivity index (χ1) is 50.8. The van der Waals surface area contributed by atoms with E-state index in [9.17, 15) is 43.2 Å². The van der Waals surface area contributed by atoms with Gasteiger partial charge in [0.1, 0.15) is 16.4 Å². The molecule has 0 radical (unpaired) electrons. The van der Waals surface area contributed by atoms with Crippen molar-refractivity contribution in [3.05, 3.63) is 235 Å². The molecule has 0 saturated heterocycles. The topological polar surface area (TPSA) is 297 Å². The molecule has 0 saturated carbocycles. The predicted molar refractivity (Wildman–Crippen MR) is 431 cm³/mol. The van der Waals surface area contributed by atoms with E-state index in [0.29, 0.717) is 49.2 Å². The van der Waals surface area contributed by atoms with E-state index in [1.807, 2.05) is 205 Å². The van der Waals surface area contributed by atoms with E-state index in [1.54, 1.807) is 51.2 Å². The molecule has 3 unspecified atom stereocenters. The lowest BCUT2D eigenvalue weighted by atomic mass is 9.80. The molecule has 0 bridgehead atoms. The summed E-state index contributed by atoms with van der Waals surface area (Å²) >= 11 is 10.1. The number of Topliss-reactive ketones (excluding diaryl/α,β-unsaturated/α-hetero) is 2. The van der Waals surface area contributed by atoms with Crippen molar-refractivity contribution in [2.75, 3.05) is 35.8 Å². The third-order valence-corrected chi connectivity index (χ3v) is 18.1. The average Bonchev–Trinajstić information content (AvgIpc) is 1.66. The number of nitrogens with two attached hydrogens (primary N) is 2. The molecule has 107 heavy (non-hydrogen) atoms. The van der Waals surface area contributed by atoms with Crippen LogP contribution in [0.2, 0.25) is 0 Å². The number of nitrogens with zero attached hydrogens (tertiary/aromatic N) is 6. The zero-order valence-electron chi connectivity index (χ0n) is 63.4. The second-order valence-electron chi connectivity index (χ2n) is 27.6. The molecule has 0 aromatic heterocycles. The molecule has 568 valence electrons. The van der Waals surface area contributed by atoms with Crippen molar-refractivity contribution < 1.29 is 48.3 Å². The van der Waals surface area contributed by atoms with Crippen LogP contribution in [0.5, 0.6) is 0 Å².